The molecule has 0 aliphatic rings. The summed E-state index contributed by atoms with van der Waals surface area (Å²) in [5.41, 5.74) is 3.16. The van der Waals surface area contributed by atoms with E-state index in [4.69, 9.17) is 32.5 Å². The van der Waals surface area contributed by atoms with E-state index in [1.807, 2.05) is 38.1 Å². The fourth-order valence-corrected chi connectivity index (χ4v) is 2.99. The minimum atomic E-state index is -0.163. The summed E-state index contributed by atoms with van der Waals surface area (Å²) in [4.78, 5) is 12.2. The molecule has 0 saturated carbocycles. The van der Waals surface area contributed by atoms with Crippen molar-refractivity contribution in [2.24, 2.45) is 0 Å². The Morgan fingerprint density at radius 2 is 1.89 bits per heavy atom. The molecule has 0 atom stereocenters. The van der Waals surface area contributed by atoms with Crippen molar-refractivity contribution in [1.29, 1.82) is 0 Å². The predicted octanol–water partition coefficient (Wildman–Crippen LogP) is 5.36. The zero-order valence-corrected chi connectivity index (χ0v) is 16.4. The largest absolute Gasteiger partial charge is 0.489 e. The number of rotatable bonds is 6. The molecule has 3 rings (SSSR count). The lowest BCUT2D eigenvalue weighted by atomic mass is 10.1. The molecular formula is C20H18Cl2N2O3. The fraction of sp³-hybridized carbons (Fsp3) is 0.200. The molecule has 2 aromatic carbocycles. The highest BCUT2D eigenvalue weighted by molar-refractivity contribution is 6.36. The molecule has 1 amide bonds. The van der Waals surface area contributed by atoms with Gasteiger partial charge in [-0.15, -0.1) is 0 Å². The van der Waals surface area contributed by atoms with Gasteiger partial charge in [0, 0.05) is 5.02 Å². The van der Waals surface area contributed by atoms with E-state index in [0.29, 0.717) is 28.1 Å². The van der Waals surface area contributed by atoms with Crippen molar-refractivity contribution in [2.45, 2.75) is 26.9 Å². The predicted molar refractivity (Wildman–Crippen MR) is 106 cm³/mol. The van der Waals surface area contributed by atoms with Crippen LogP contribution in [0.3, 0.4) is 0 Å². The summed E-state index contributed by atoms with van der Waals surface area (Å²) in [5.74, 6) is 1.30. The second-order valence-electron chi connectivity index (χ2n) is 6.08. The first-order valence-corrected chi connectivity index (χ1v) is 9.06. The van der Waals surface area contributed by atoms with Crippen LogP contribution in [0.15, 0.2) is 47.0 Å². The van der Waals surface area contributed by atoms with E-state index in [2.05, 4.69) is 10.5 Å². The third-order valence-corrected chi connectivity index (χ3v) is 4.61. The van der Waals surface area contributed by atoms with E-state index in [9.17, 15) is 4.79 Å². The van der Waals surface area contributed by atoms with Gasteiger partial charge in [-0.3, -0.25) is 4.79 Å². The Labute approximate surface area is 167 Å². The van der Waals surface area contributed by atoms with Crippen LogP contribution in [0, 0.1) is 13.8 Å². The topological polar surface area (TPSA) is 64.4 Å². The first kappa shape index (κ1) is 19.3. The Morgan fingerprint density at radius 3 is 2.52 bits per heavy atom. The number of aryl methyl sites for hydroxylation is 2. The van der Waals surface area contributed by atoms with Gasteiger partial charge in [-0.2, -0.15) is 0 Å². The first-order valence-electron chi connectivity index (χ1n) is 8.31. The minimum absolute atomic E-state index is 0.163. The van der Waals surface area contributed by atoms with Gasteiger partial charge in [-0.25, -0.2) is 0 Å². The monoisotopic (exact) mass is 404 g/mol. The van der Waals surface area contributed by atoms with E-state index >= 15 is 0 Å². The molecule has 140 valence electrons. The summed E-state index contributed by atoms with van der Waals surface area (Å²) in [6.07, 6.45) is 0.225. The maximum atomic E-state index is 12.2. The second-order valence-corrected chi connectivity index (χ2v) is 6.93. The van der Waals surface area contributed by atoms with Crippen LogP contribution < -0.4 is 10.1 Å². The molecule has 0 radical (unpaired) electrons. The normalized spacial score (nSPS) is 10.7. The quantitative estimate of drug-likeness (QED) is 0.600. The Hall–Kier alpha value is -2.50. The molecule has 7 heteroatoms. The summed E-state index contributed by atoms with van der Waals surface area (Å²) in [6.45, 7) is 4.12. The minimum Gasteiger partial charge on any atom is -0.489 e. The summed E-state index contributed by atoms with van der Waals surface area (Å²) in [6, 6.07) is 12.3. The van der Waals surface area contributed by atoms with Gasteiger partial charge in [-0.05, 0) is 49.7 Å². The van der Waals surface area contributed by atoms with Crippen molar-refractivity contribution in [1.82, 2.24) is 5.16 Å². The fourth-order valence-electron chi connectivity index (χ4n) is 2.54. The van der Waals surface area contributed by atoms with Crippen LogP contribution >= 0.6 is 23.2 Å². The number of amides is 1. The van der Waals surface area contributed by atoms with E-state index in [-0.39, 0.29) is 12.3 Å². The van der Waals surface area contributed by atoms with Gasteiger partial charge < -0.3 is 14.6 Å². The van der Waals surface area contributed by atoms with Crippen molar-refractivity contribution in [3.05, 3.63) is 75.1 Å². The lowest BCUT2D eigenvalue weighted by molar-refractivity contribution is -0.115. The van der Waals surface area contributed by atoms with E-state index < -0.39 is 0 Å². The lowest BCUT2D eigenvalue weighted by Crippen LogP contribution is -2.14. The first-order chi connectivity index (χ1) is 12.9. The molecule has 27 heavy (non-hydrogen) atoms. The van der Waals surface area contributed by atoms with Crippen LogP contribution in [0.5, 0.6) is 5.75 Å². The SMILES string of the molecule is Cc1noc(C)c1COc1ccc(CC(=O)Nc2ccc(Cl)cc2Cl)cc1. The molecule has 1 aromatic heterocycles. The maximum Gasteiger partial charge on any atom is 0.228 e. The number of nitrogens with zero attached hydrogens (tertiary/aromatic N) is 1. The molecule has 5 nitrogen and oxygen atoms in total. The molecule has 0 bridgehead atoms. The molecule has 0 spiro atoms. The molecule has 3 aromatic rings. The zero-order valence-electron chi connectivity index (χ0n) is 14.9. The maximum absolute atomic E-state index is 12.2. The van der Waals surface area contributed by atoms with Crippen molar-refractivity contribution in [3.63, 3.8) is 0 Å². The van der Waals surface area contributed by atoms with Crippen LogP contribution in [0.2, 0.25) is 10.0 Å². The Kier molecular flexibility index (Phi) is 6.04. The summed E-state index contributed by atoms with van der Waals surface area (Å²) < 4.78 is 10.9. The average molecular weight is 405 g/mol. The highest BCUT2D eigenvalue weighted by atomic mass is 35.5. The summed E-state index contributed by atoms with van der Waals surface area (Å²) in [5, 5.41) is 7.60. The van der Waals surface area contributed by atoms with Gasteiger partial charge in [0.25, 0.3) is 0 Å². The van der Waals surface area contributed by atoms with Gasteiger partial charge in [0.1, 0.15) is 18.1 Å². The summed E-state index contributed by atoms with van der Waals surface area (Å²) in [7, 11) is 0. The summed E-state index contributed by atoms with van der Waals surface area (Å²) >= 11 is 11.9. The average Bonchev–Trinajstić information content (AvgIpc) is 2.95. The van der Waals surface area contributed by atoms with Crippen LogP contribution in [-0.2, 0) is 17.8 Å². The molecule has 1 N–H and O–H groups in total. The Balaban J connectivity index is 1.56. The van der Waals surface area contributed by atoms with E-state index in [0.717, 1.165) is 22.6 Å². The Morgan fingerprint density at radius 1 is 1.15 bits per heavy atom. The molecule has 0 fully saturated rings. The van der Waals surface area contributed by atoms with Gasteiger partial charge in [0.15, 0.2) is 0 Å². The number of ether oxygens (including phenoxy) is 1. The zero-order chi connectivity index (χ0) is 19.4. The van der Waals surface area contributed by atoms with Crippen LogP contribution in [-0.4, -0.2) is 11.1 Å². The Bertz CT molecular complexity index is 933. The molecular weight excluding hydrogens is 387 g/mol. The number of anilines is 1. The third-order valence-electron chi connectivity index (χ3n) is 4.06. The number of aromatic nitrogens is 1. The smallest absolute Gasteiger partial charge is 0.228 e. The van der Waals surface area contributed by atoms with Crippen molar-refractivity contribution < 1.29 is 14.1 Å². The number of halogens is 2. The van der Waals surface area contributed by atoms with E-state index in [1.54, 1.807) is 18.2 Å². The number of benzene rings is 2. The second kappa shape index (κ2) is 8.46. The molecule has 0 aliphatic heterocycles. The van der Waals surface area contributed by atoms with Crippen molar-refractivity contribution in [2.75, 3.05) is 5.32 Å². The molecule has 1 heterocycles. The van der Waals surface area contributed by atoms with Crippen LogP contribution in [0.1, 0.15) is 22.6 Å². The van der Waals surface area contributed by atoms with Crippen molar-refractivity contribution in [3.8, 4) is 5.75 Å². The third kappa shape index (κ3) is 5.02. The van der Waals surface area contributed by atoms with Gasteiger partial charge >= 0.3 is 0 Å². The number of hydrogen-bond donors (Lipinski definition) is 1. The van der Waals surface area contributed by atoms with Gasteiger partial charge in [0.05, 0.1) is 28.4 Å². The lowest BCUT2D eigenvalue weighted by Gasteiger charge is -2.09. The molecule has 0 unspecified atom stereocenters. The number of nitrogens with one attached hydrogen (secondary N) is 1. The molecule has 0 saturated heterocycles. The highest BCUT2D eigenvalue weighted by Gasteiger charge is 2.10. The number of carbonyl (C=O) groups is 1. The van der Waals surface area contributed by atoms with Gasteiger partial charge in [0.2, 0.25) is 5.91 Å². The number of carbonyl (C=O) groups excluding carboxylic acids is 1. The van der Waals surface area contributed by atoms with Crippen LogP contribution in [0.25, 0.3) is 0 Å². The van der Waals surface area contributed by atoms with Crippen molar-refractivity contribution >= 4 is 34.8 Å². The number of hydrogen-bond acceptors (Lipinski definition) is 4. The van der Waals surface area contributed by atoms with Gasteiger partial charge in [-0.1, -0.05) is 40.5 Å². The standard InChI is InChI=1S/C20H18Cl2N2O3/c1-12-17(13(2)27-24-12)11-26-16-6-3-14(4-7-16)9-20(25)23-19-8-5-15(21)10-18(19)22/h3-8,10H,9,11H2,1-2H3,(H,23,25). The molecule has 0 aliphatic carbocycles. The van der Waals surface area contributed by atoms with Crippen LogP contribution in [0.4, 0.5) is 5.69 Å². The van der Waals surface area contributed by atoms with E-state index in [1.165, 1.54) is 0 Å². The highest BCUT2D eigenvalue weighted by Crippen LogP contribution is 2.25.